The van der Waals surface area contributed by atoms with E-state index in [0.29, 0.717) is 5.76 Å². The van der Waals surface area contributed by atoms with E-state index < -0.39 is 17.3 Å². The Morgan fingerprint density at radius 2 is 2.04 bits per heavy atom. The van der Waals surface area contributed by atoms with E-state index in [1.165, 1.54) is 31.4 Å². The Morgan fingerprint density at radius 1 is 1.27 bits per heavy atom. The van der Waals surface area contributed by atoms with Gasteiger partial charge in [-0.15, -0.1) is 10.2 Å². The fourth-order valence-electron chi connectivity index (χ4n) is 2.40. The van der Waals surface area contributed by atoms with Gasteiger partial charge in [0.1, 0.15) is 23.1 Å². The average molecular weight is 352 g/mol. The van der Waals surface area contributed by atoms with Crippen LogP contribution in [0.5, 0.6) is 5.88 Å². The maximum Gasteiger partial charge on any atom is 0.281 e. The van der Waals surface area contributed by atoms with Crippen molar-refractivity contribution >= 4 is 11.4 Å². The number of hydrogen-bond donors (Lipinski definition) is 1. The molecule has 0 aliphatic rings. The Bertz CT molecular complexity index is 1080. The molecule has 0 atom stereocenters. The highest BCUT2D eigenvalue weighted by Gasteiger charge is 2.20. The molecular weight excluding hydrogens is 339 g/mol. The third-order valence-electron chi connectivity index (χ3n) is 3.77. The first-order valence-corrected chi connectivity index (χ1v) is 7.58. The molecule has 0 spiro atoms. The Morgan fingerprint density at radius 3 is 2.69 bits per heavy atom. The summed E-state index contributed by atoms with van der Waals surface area (Å²) in [6.45, 7) is 1.38. The zero-order chi connectivity index (χ0) is 18.7. The molecule has 0 saturated carbocycles. The second-order valence-corrected chi connectivity index (χ2v) is 5.41. The zero-order valence-electron chi connectivity index (χ0n) is 13.7. The molecule has 26 heavy (non-hydrogen) atoms. The molecule has 8 heteroatoms. The second kappa shape index (κ2) is 7.03. The highest BCUT2D eigenvalue weighted by molar-refractivity contribution is 5.57. The van der Waals surface area contributed by atoms with Gasteiger partial charge in [-0.25, -0.2) is 4.39 Å². The van der Waals surface area contributed by atoms with Gasteiger partial charge in [-0.3, -0.25) is 9.36 Å². The van der Waals surface area contributed by atoms with Crippen LogP contribution in [0, 0.1) is 24.1 Å². The third-order valence-corrected chi connectivity index (χ3v) is 3.77. The molecule has 7 nitrogen and oxygen atoms in total. The van der Waals surface area contributed by atoms with Crippen LogP contribution in [-0.2, 0) is 6.54 Å². The van der Waals surface area contributed by atoms with Crippen LogP contribution < -0.4 is 5.56 Å². The summed E-state index contributed by atoms with van der Waals surface area (Å²) < 4.78 is 19.8. The summed E-state index contributed by atoms with van der Waals surface area (Å²) in [5.41, 5.74) is -0.829. The Labute approximate surface area is 147 Å². The summed E-state index contributed by atoms with van der Waals surface area (Å²) in [7, 11) is 0. The Balaban J connectivity index is 2.14. The van der Waals surface area contributed by atoms with Crippen molar-refractivity contribution in [1.29, 1.82) is 5.26 Å². The number of aromatic nitrogens is 1. The SMILES string of the molecule is Cc1c(C#N)c(O)n(Cc2ccco2)c(=O)c1N=Nc1ccccc1F. The number of rotatable bonds is 4. The standard InChI is InChI=1S/C18H13FN4O3/c1-11-13(9-20)17(24)23(10-12-5-4-8-26-12)18(25)16(11)22-21-15-7-3-2-6-14(15)19/h2-8,24H,10H2,1H3. The molecule has 0 fully saturated rings. The van der Waals surface area contributed by atoms with E-state index in [1.54, 1.807) is 18.2 Å². The first-order valence-electron chi connectivity index (χ1n) is 7.58. The van der Waals surface area contributed by atoms with Crippen LogP contribution in [0.15, 0.2) is 62.1 Å². The van der Waals surface area contributed by atoms with E-state index in [4.69, 9.17) is 4.42 Å². The van der Waals surface area contributed by atoms with Gasteiger partial charge < -0.3 is 9.52 Å². The maximum atomic E-state index is 13.7. The number of hydrogen-bond acceptors (Lipinski definition) is 6. The van der Waals surface area contributed by atoms with Crippen LogP contribution in [0.4, 0.5) is 15.8 Å². The van der Waals surface area contributed by atoms with E-state index in [9.17, 15) is 19.6 Å². The summed E-state index contributed by atoms with van der Waals surface area (Å²) in [6, 6.07) is 10.8. The fourth-order valence-corrected chi connectivity index (χ4v) is 2.40. The summed E-state index contributed by atoms with van der Waals surface area (Å²) in [6.07, 6.45) is 1.43. The molecule has 1 N–H and O–H groups in total. The van der Waals surface area contributed by atoms with Crippen LogP contribution in [0.3, 0.4) is 0 Å². The minimum atomic E-state index is -0.671. The lowest BCUT2D eigenvalue weighted by Gasteiger charge is -2.11. The van der Waals surface area contributed by atoms with Crippen molar-refractivity contribution in [2.75, 3.05) is 0 Å². The molecule has 0 unspecified atom stereocenters. The number of halogens is 1. The van der Waals surface area contributed by atoms with E-state index in [1.807, 2.05) is 6.07 Å². The number of furan rings is 1. The Kier molecular flexibility index (Phi) is 4.62. The molecule has 2 aromatic heterocycles. The van der Waals surface area contributed by atoms with Crippen LogP contribution in [0.1, 0.15) is 16.9 Å². The molecule has 0 amide bonds. The van der Waals surface area contributed by atoms with E-state index in [0.717, 1.165) is 4.57 Å². The smallest absolute Gasteiger partial charge is 0.281 e. The number of aromatic hydroxyl groups is 1. The first kappa shape index (κ1) is 17.1. The number of benzene rings is 1. The number of azo groups is 1. The lowest BCUT2D eigenvalue weighted by atomic mass is 10.1. The second-order valence-electron chi connectivity index (χ2n) is 5.41. The number of pyridine rings is 1. The van der Waals surface area contributed by atoms with Gasteiger partial charge >= 0.3 is 0 Å². The molecule has 0 radical (unpaired) electrons. The third kappa shape index (κ3) is 3.10. The fraction of sp³-hybridized carbons (Fsp3) is 0.111. The largest absolute Gasteiger partial charge is 0.493 e. The molecule has 1 aromatic carbocycles. The predicted octanol–water partition coefficient (Wildman–Crippen LogP) is 3.93. The molecule has 0 aliphatic carbocycles. The van der Waals surface area contributed by atoms with Gasteiger partial charge in [0.2, 0.25) is 5.88 Å². The van der Waals surface area contributed by atoms with E-state index >= 15 is 0 Å². The number of nitrogens with zero attached hydrogens (tertiary/aromatic N) is 4. The van der Waals surface area contributed by atoms with Crippen LogP contribution in [0.25, 0.3) is 0 Å². The first-order chi connectivity index (χ1) is 12.5. The van der Waals surface area contributed by atoms with Gasteiger partial charge in [0.15, 0.2) is 11.5 Å². The van der Waals surface area contributed by atoms with Gasteiger partial charge in [-0.2, -0.15) is 5.26 Å². The van der Waals surface area contributed by atoms with Crippen molar-refractivity contribution in [3.05, 3.63) is 75.7 Å². The molecule has 130 valence electrons. The van der Waals surface area contributed by atoms with Gasteiger partial charge in [0, 0.05) is 5.56 Å². The number of nitriles is 1. The van der Waals surface area contributed by atoms with Crippen molar-refractivity contribution in [3.8, 4) is 11.9 Å². The van der Waals surface area contributed by atoms with Gasteiger partial charge in [-0.1, -0.05) is 12.1 Å². The quantitative estimate of drug-likeness (QED) is 0.718. The molecule has 3 aromatic rings. The highest BCUT2D eigenvalue weighted by Crippen LogP contribution is 2.28. The van der Waals surface area contributed by atoms with Gasteiger partial charge in [-0.05, 0) is 31.2 Å². The summed E-state index contributed by atoms with van der Waals surface area (Å²) in [5, 5.41) is 27.2. The molecular formula is C18H13FN4O3. The normalized spacial score (nSPS) is 11.0. The van der Waals surface area contributed by atoms with E-state index in [2.05, 4.69) is 10.2 Å². The predicted molar refractivity (Wildman–Crippen MR) is 90.2 cm³/mol. The van der Waals surface area contributed by atoms with Gasteiger partial charge in [0.05, 0.1) is 12.8 Å². The van der Waals surface area contributed by atoms with Crippen molar-refractivity contribution in [3.63, 3.8) is 0 Å². The lowest BCUT2D eigenvalue weighted by molar-refractivity contribution is 0.397. The zero-order valence-corrected chi connectivity index (χ0v) is 13.7. The van der Waals surface area contributed by atoms with Crippen LogP contribution >= 0.6 is 0 Å². The minimum absolute atomic E-state index is 0.0459. The topological polar surface area (TPSA) is 104 Å². The van der Waals surface area contributed by atoms with Crippen molar-refractivity contribution < 1.29 is 13.9 Å². The highest BCUT2D eigenvalue weighted by atomic mass is 19.1. The molecule has 2 heterocycles. The summed E-state index contributed by atoms with van der Waals surface area (Å²) in [5.74, 6) is -0.674. The lowest BCUT2D eigenvalue weighted by Crippen LogP contribution is -2.22. The molecule has 0 saturated heterocycles. The molecule has 0 bridgehead atoms. The maximum absolute atomic E-state index is 13.7. The average Bonchev–Trinajstić information content (AvgIpc) is 3.14. The van der Waals surface area contributed by atoms with Crippen molar-refractivity contribution in [2.45, 2.75) is 13.5 Å². The molecule has 0 aliphatic heterocycles. The van der Waals surface area contributed by atoms with Crippen molar-refractivity contribution in [1.82, 2.24) is 4.57 Å². The monoisotopic (exact) mass is 352 g/mol. The van der Waals surface area contributed by atoms with Gasteiger partial charge in [0.25, 0.3) is 5.56 Å². The van der Waals surface area contributed by atoms with E-state index in [-0.39, 0.29) is 29.0 Å². The Hall–Kier alpha value is -3.73. The minimum Gasteiger partial charge on any atom is -0.493 e. The molecule has 3 rings (SSSR count). The van der Waals surface area contributed by atoms with Crippen LogP contribution in [-0.4, -0.2) is 9.67 Å². The summed E-state index contributed by atoms with van der Waals surface area (Å²) in [4.78, 5) is 12.7. The van der Waals surface area contributed by atoms with Crippen molar-refractivity contribution in [2.24, 2.45) is 10.2 Å². The summed E-state index contributed by atoms with van der Waals surface area (Å²) >= 11 is 0. The van der Waals surface area contributed by atoms with Crippen LogP contribution in [0.2, 0.25) is 0 Å².